The summed E-state index contributed by atoms with van der Waals surface area (Å²) in [6, 6.07) is 5.67. The molecule has 1 aliphatic rings. The van der Waals surface area contributed by atoms with E-state index in [4.69, 9.17) is 5.73 Å². The van der Waals surface area contributed by atoms with Crippen LogP contribution in [0.2, 0.25) is 0 Å². The molecule has 1 aromatic carbocycles. The molecule has 0 heterocycles. The molecule has 1 saturated carbocycles. The lowest BCUT2D eigenvalue weighted by Gasteiger charge is -2.27. The van der Waals surface area contributed by atoms with E-state index in [2.05, 4.69) is 11.8 Å². The summed E-state index contributed by atoms with van der Waals surface area (Å²) in [5.74, 6) is 0. The average Bonchev–Trinajstić information content (AvgIpc) is 2.91. The van der Waals surface area contributed by atoms with Gasteiger partial charge in [0.1, 0.15) is 5.69 Å². The summed E-state index contributed by atoms with van der Waals surface area (Å²) >= 11 is 0. The number of anilines is 1. The van der Waals surface area contributed by atoms with Crippen LogP contribution in [-0.4, -0.2) is 22.4 Å². The van der Waals surface area contributed by atoms with Crippen LogP contribution in [0.1, 0.15) is 38.2 Å². The zero-order valence-electron chi connectivity index (χ0n) is 11.3. The highest BCUT2D eigenvalue weighted by molar-refractivity contribution is 5.62. The number of nitrogen functional groups attached to an aromatic ring is 1. The van der Waals surface area contributed by atoms with Gasteiger partial charge in [0.25, 0.3) is 5.69 Å². The molecule has 2 N–H and O–H groups in total. The van der Waals surface area contributed by atoms with Gasteiger partial charge in [-0.1, -0.05) is 31.9 Å². The van der Waals surface area contributed by atoms with Crippen molar-refractivity contribution in [2.24, 2.45) is 0 Å². The zero-order chi connectivity index (χ0) is 13.8. The standard InChI is InChI=1S/C14H21N3O2/c1-2-16(12-7-3-4-8-12)10-11-6-5-9-13(14(11)15)17(18)19/h5-6,9,12H,2-4,7-8,10,15H2,1H3. The Labute approximate surface area is 113 Å². The fraction of sp³-hybridized carbons (Fsp3) is 0.571. The average molecular weight is 263 g/mol. The maximum absolute atomic E-state index is 10.9. The molecule has 0 unspecified atom stereocenters. The summed E-state index contributed by atoms with van der Waals surface area (Å²) in [6.07, 6.45) is 5.02. The van der Waals surface area contributed by atoms with Crippen LogP contribution in [0.15, 0.2) is 18.2 Å². The highest BCUT2D eigenvalue weighted by Gasteiger charge is 2.23. The summed E-state index contributed by atoms with van der Waals surface area (Å²) in [4.78, 5) is 12.9. The second kappa shape index (κ2) is 6.02. The molecule has 5 heteroatoms. The Morgan fingerprint density at radius 1 is 1.42 bits per heavy atom. The Balaban J connectivity index is 2.17. The quantitative estimate of drug-likeness (QED) is 0.503. The fourth-order valence-electron chi connectivity index (χ4n) is 2.88. The number of nitrogens with two attached hydrogens (primary N) is 1. The number of nitro benzene ring substituents is 1. The lowest BCUT2D eigenvalue weighted by Crippen LogP contribution is -2.32. The van der Waals surface area contributed by atoms with Crippen LogP contribution in [0, 0.1) is 10.1 Å². The summed E-state index contributed by atoms with van der Waals surface area (Å²) in [5.41, 5.74) is 7.10. The summed E-state index contributed by atoms with van der Waals surface area (Å²) < 4.78 is 0. The number of hydrogen-bond acceptors (Lipinski definition) is 4. The first-order chi connectivity index (χ1) is 9.13. The van der Waals surface area contributed by atoms with Crippen molar-refractivity contribution in [1.82, 2.24) is 4.90 Å². The molecule has 2 rings (SSSR count). The molecule has 0 atom stereocenters. The molecule has 1 aromatic rings. The molecule has 19 heavy (non-hydrogen) atoms. The van der Waals surface area contributed by atoms with Crippen LogP contribution in [0.25, 0.3) is 0 Å². The van der Waals surface area contributed by atoms with Crippen LogP contribution in [0.5, 0.6) is 0 Å². The van der Waals surface area contributed by atoms with Crippen LogP contribution >= 0.6 is 0 Å². The van der Waals surface area contributed by atoms with E-state index in [1.165, 1.54) is 31.7 Å². The van der Waals surface area contributed by atoms with E-state index in [1.54, 1.807) is 6.07 Å². The molecule has 0 radical (unpaired) electrons. The second-order valence-corrected chi connectivity index (χ2v) is 5.11. The van der Waals surface area contributed by atoms with E-state index in [-0.39, 0.29) is 5.69 Å². The number of nitrogens with zero attached hydrogens (tertiary/aromatic N) is 2. The Kier molecular flexibility index (Phi) is 4.37. The van der Waals surface area contributed by atoms with E-state index in [1.807, 2.05) is 6.07 Å². The summed E-state index contributed by atoms with van der Waals surface area (Å²) in [7, 11) is 0. The number of rotatable bonds is 5. The van der Waals surface area contributed by atoms with Crippen LogP contribution in [0.4, 0.5) is 11.4 Å². The molecule has 104 valence electrons. The predicted molar refractivity (Wildman–Crippen MR) is 75.8 cm³/mol. The summed E-state index contributed by atoms with van der Waals surface area (Å²) in [5, 5.41) is 10.9. The number of hydrogen-bond donors (Lipinski definition) is 1. The van der Waals surface area contributed by atoms with Crippen molar-refractivity contribution in [1.29, 1.82) is 0 Å². The van der Waals surface area contributed by atoms with Gasteiger partial charge >= 0.3 is 0 Å². The van der Waals surface area contributed by atoms with Crippen molar-refractivity contribution in [3.63, 3.8) is 0 Å². The van der Waals surface area contributed by atoms with E-state index in [0.717, 1.165) is 12.1 Å². The highest BCUT2D eigenvalue weighted by Crippen LogP contribution is 2.29. The van der Waals surface area contributed by atoms with E-state index >= 15 is 0 Å². The topological polar surface area (TPSA) is 72.4 Å². The predicted octanol–water partition coefficient (Wildman–Crippen LogP) is 2.94. The van der Waals surface area contributed by atoms with Gasteiger partial charge in [0, 0.05) is 18.7 Å². The SMILES string of the molecule is CCN(Cc1cccc([N+](=O)[O-])c1N)C1CCCC1. The first kappa shape index (κ1) is 13.8. The Hall–Kier alpha value is -1.62. The van der Waals surface area contributed by atoms with Gasteiger partial charge in [0.2, 0.25) is 0 Å². The Morgan fingerprint density at radius 3 is 2.68 bits per heavy atom. The van der Waals surface area contributed by atoms with Gasteiger partial charge in [-0.25, -0.2) is 0 Å². The van der Waals surface area contributed by atoms with Crippen LogP contribution in [-0.2, 0) is 6.54 Å². The van der Waals surface area contributed by atoms with Crippen LogP contribution in [0.3, 0.4) is 0 Å². The molecule has 0 aromatic heterocycles. The zero-order valence-corrected chi connectivity index (χ0v) is 11.3. The normalized spacial score (nSPS) is 16.1. The van der Waals surface area contributed by atoms with Crippen molar-refractivity contribution in [2.45, 2.75) is 45.2 Å². The van der Waals surface area contributed by atoms with Gasteiger partial charge in [-0.3, -0.25) is 15.0 Å². The largest absolute Gasteiger partial charge is 0.393 e. The van der Waals surface area contributed by atoms with Crippen molar-refractivity contribution in [3.05, 3.63) is 33.9 Å². The van der Waals surface area contributed by atoms with E-state index < -0.39 is 4.92 Å². The molecular weight excluding hydrogens is 242 g/mol. The minimum atomic E-state index is -0.412. The number of benzene rings is 1. The maximum Gasteiger partial charge on any atom is 0.292 e. The first-order valence-electron chi connectivity index (χ1n) is 6.89. The number of nitro groups is 1. The molecule has 0 spiro atoms. The lowest BCUT2D eigenvalue weighted by atomic mass is 10.1. The number of para-hydroxylation sites is 1. The maximum atomic E-state index is 10.9. The molecule has 5 nitrogen and oxygen atoms in total. The smallest absolute Gasteiger partial charge is 0.292 e. The third-order valence-electron chi connectivity index (χ3n) is 3.99. The Bertz CT molecular complexity index is 456. The summed E-state index contributed by atoms with van der Waals surface area (Å²) in [6.45, 7) is 3.79. The van der Waals surface area contributed by atoms with Crippen molar-refractivity contribution in [3.8, 4) is 0 Å². The monoisotopic (exact) mass is 263 g/mol. The van der Waals surface area contributed by atoms with Crippen molar-refractivity contribution >= 4 is 11.4 Å². The fourth-order valence-corrected chi connectivity index (χ4v) is 2.88. The minimum absolute atomic E-state index is 0.0139. The van der Waals surface area contributed by atoms with Crippen molar-refractivity contribution < 1.29 is 4.92 Å². The van der Waals surface area contributed by atoms with Gasteiger partial charge in [0.05, 0.1) is 4.92 Å². The third-order valence-corrected chi connectivity index (χ3v) is 3.99. The third kappa shape index (κ3) is 3.04. The minimum Gasteiger partial charge on any atom is -0.393 e. The van der Waals surface area contributed by atoms with Gasteiger partial charge in [-0.15, -0.1) is 0 Å². The molecule has 0 saturated heterocycles. The van der Waals surface area contributed by atoms with Gasteiger partial charge in [0.15, 0.2) is 0 Å². The molecular formula is C14H21N3O2. The molecule has 1 aliphatic carbocycles. The molecule has 0 aliphatic heterocycles. The molecule has 1 fully saturated rings. The second-order valence-electron chi connectivity index (χ2n) is 5.11. The molecule has 0 bridgehead atoms. The van der Waals surface area contributed by atoms with Crippen LogP contribution < -0.4 is 5.73 Å². The first-order valence-corrected chi connectivity index (χ1v) is 6.89. The highest BCUT2D eigenvalue weighted by atomic mass is 16.6. The Morgan fingerprint density at radius 2 is 2.11 bits per heavy atom. The van der Waals surface area contributed by atoms with Crippen molar-refractivity contribution in [2.75, 3.05) is 12.3 Å². The van der Waals surface area contributed by atoms with E-state index in [0.29, 0.717) is 18.3 Å². The lowest BCUT2D eigenvalue weighted by molar-refractivity contribution is -0.384. The van der Waals surface area contributed by atoms with E-state index in [9.17, 15) is 10.1 Å². The van der Waals surface area contributed by atoms with Gasteiger partial charge in [-0.2, -0.15) is 0 Å². The van der Waals surface area contributed by atoms with Gasteiger partial charge < -0.3 is 5.73 Å². The molecule has 0 amide bonds. The van der Waals surface area contributed by atoms with Gasteiger partial charge in [-0.05, 0) is 24.9 Å².